The van der Waals surface area contributed by atoms with Gasteiger partial charge < -0.3 is 0 Å². The van der Waals surface area contributed by atoms with E-state index in [2.05, 4.69) is 79.4 Å². The van der Waals surface area contributed by atoms with Crippen molar-refractivity contribution in [2.24, 2.45) is 0 Å². The first-order chi connectivity index (χ1) is 20.9. The molecule has 2 aromatic rings. The smallest absolute Gasteiger partial charge is 0.0601 e. The fourth-order valence-electron chi connectivity index (χ4n) is 6.57. The van der Waals surface area contributed by atoms with Gasteiger partial charge in [-0.15, -0.1) is 0 Å². The molecule has 1 heteroatoms. The highest BCUT2D eigenvalue weighted by Gasteiger charge is 2.21. The van der Waals surface area contributed by atoms with Crippen LogP contribution in [0.15, 0.2) is 60.7 Å². The molecule has 0 saturated carbocycles. The van der Waals surface area contributed by atoms with E-state index in [-0.39, 0.29) is 0 Å². The zero-order chi connectivity index (χ0) is 29.8. The quantitative estimate of drug-likeness (QED) is 0.0872. The molecule has 0 N–H and O–H groups in total. The number of hydrogen-bond donors (Lipinski definition) is 0. The molecular formula is C41H69N. The summed E-state index contributed by atoms with van der Waals surface area (Å²) in [7, 11) is 0. The molecule has 238 valence electrons. The molecule has 0 atom stereocenters. The minimum atomic E-state index is 0.368. The van der Waals surface area contributed by atoms with Crippen LogP contribution in [0, 0.1) is 0 Å². The van der Waals surface area contributed by atoms with Crippen LogP contribution in [0.5, 0.6) is 0 Å². The molecule has 42 heavy (non-hydrogen) atoms. The van der Waals surface area contributed by atoms with Gasteiger partial charge in [-0.2, -0.15) is 0 Å². The molecule has 2 rings (SSSR count). The first-order valence-corrected chi connectivity index (χ1v) is 18.7. The highest BCUT2D eigenvalue weighted by Crippen LogP contribution is 2.30. The highest BCUT2D eigenvalue weighted by molar-refractivity contribution is 5.31. The van der Waals surface area contributed by atoms with E-state index in [9.17, 15) is 0 Å². The molecule has 0 spiro atoms. The van der Waals surface area contributed by atoms with Gasteiger partial charge >= 0.3 is 0 Å². The SMILES string of the molecule is CCCCCCCCCCCCCCN(CCCCCCCCCCCCCC)C(c1ccccc1)c1ccccc1. The topological polar surface area (TPSA) is 3.24 Å². The molecule has 0 fully saturated rings. The number of benzene rings is 2. The predicted molar refractivity (Wildman–Crippen MR) is 188 cm³/mol. The van der Waals surface area contributed by atoms with Gasteiger partial charge in [-0.25, -0.2) is 0 Å². The van der Waals surface area contributed by atoms with Crippen LogP contribution in [-0.4, -0.2) is 18.0 Å². The Morgan fingerprint density at radius 2 is 0.619 bits per heavy atom. The molecule has 0 aromatic heterocycles. The summed E-state index contributed by atoms with van der Waals surface area (Å²) in [6.45, 7) is 7.04. The van der Waals surface area contributed by atoms with Crippen molar-refractivity contribution in [3.05, 3.63) is 71.8 Å². The summed E-state index contributed by atoms with van der Waals surface area (Å²) in [6, 6.07) is 22.9. The highest BCUT2D eigenvalue weighted by atomic mass is 15.2. The van der Waals surface area contributed by atoms with Crippen molar-refractivity contribution >= 4 is 0 Å². The van der Waals surface area contributed by atoms with Crippen LogP contribution in [0.2, 0.25) is 0 Å². The average Bonchev–Trinajstić information content (AvgIpc) is 3.03. The van der Waals surface area contributed by atoms with E-state index in [1.54, 1.807) is 0 Å². The van der Waals surface area contributed by atoms with E-state index in [1.807, 2.05) is 0 Å². The van der Waals surface area contributed by atoms with Crippen molar-refractivity contribution in [1.29, 1.82) is 0 Å². The Balaban J connectivity index is 1.76. The van der Waals surface area contributed by atoms with Crippen LogP contribution in [0.4, 0.5) is 0 Å². The monoisotopic (exact) mass is 576 g/mol. The summed E-state index contributed by atoms with van der Waals surface area (Å²) in [5.74, 6) is 0. The molecule has 0 unspecified atom stereocenters. The Morgan fingerprint density at radius 1 is 0.357 bits per heavy atom. The number of nitrogens with zero attached hydrogens (tertiary/aromatic N) is 1. The van der Waals surface area contributed by atoms with Crippen LogP contribution in [0.25, 0.3) is 0 Å². The van der Waals surface area contributed by atoms with Gasteiger partial charge in [-0.1, -0.05) is 216 Å². The Kier molecular flexibility index (Phi) is 23.5. The minimum absolute atomic E-state index is 0.368. The van der Waals surface area contributed by atoms with Gasteiger partial charge in [-0.05, 0) is 37.1 Å². The molecule has 0 radical (unpaired) electrons. The lowest BCUT2D eigenvalue weighted by Crippen LogP contribution is -2.31. The molecule has 0 aliphatic rings. The van der Waals surface area contributed by atoms with Gasteiger partial charge in [0, 0.05) is 0 Å². The van der Waals surface area contributed by atoms with Crippen LogP contribution in [0.3, 0.4) is 0 Å². The molecular weight excluding hydrogens is 506 g/mol. The average molecular weight is 576 g/mol. The number of rotatable bonds is 29. The molecule has 0 aliphatic carbocycles. The zero-order valence-electron chi connectivity index (χ0n) is 28.2. The van der Waals surface area contributed by atoms with E-state index in [4.69, 9.17) is 0 Å². The maximum Gasteiger partial charge on any atom is 0.0601 e. The van der Waals surface area contributed by atoms with Crippen molar-refractivity contribution < 1.29 is 0 Å². The van der Waals surface area contributed by atoms with Crippen molar-refractivity contribution in [2.75, 3.05) is 13.1 Å². The van der Waals surface area contributed by atoms with E-state index in [0.29, 0.717) is 6.04 Å². The largest absolute Gasteiger partial charge is 0.292 e. The molecule has 0 heterocycles. The van der Waals surface area contributed by atoms with Crippen LogP contribution in [0.1, 0.15) is 185 Å². The minimum Gasteiger partial charge on any atom is -0.292 e. The Labute approximate surface area is 263 Å². The fraction of sp³-hybridized carbons (Fsp3) is 0.707. The summed E-state index contributed by atoms with van der Waals surface area (Å²) >= 11 is 0. The predicted octanol–water partition coefficient (Wildman–Crippen LogP) is 13.5. The maximum absolute atomic E-state index is 2.82. The van der Waals surface area contributed by atoms with Crippen molar-refractivity contribution in [1.82, 2.24) is 4.90 Å². The van der Waals surface area contributed by atoms with E-state index < -0.39 is 0 Å². The second-order valence-electron chi connectivity index (χ2n) is 13.0. The van der Waals surface area contributed by atoms with Crippen LogP contribution in [-0.2, 0) is 0 Å². The molecule has 0 aliphatic heterocycles. The Hall–Kier alpha value is -1.60. The standard InChI is InChI=1S/C41H69N/c1-3-5-7-9-11-13-15-17-19-21-23-31-37-42(38-32-24-22-20-18-16-14-12-10-8-6-4-2)41(39-33-27-25-28-34-39)40-35-29-26-30-36-40/h25-30,33-36,41H,3-24,31-32,37-38H2,1-2H3. The molecule has 0 amide bonds. The summed E-state index contributed by atoms with van der Waals surface area (Å²) in [6.07, 6.45) is 34.0. The fourth-order valence-corrected chi connectivity index (χ4v) is 6.57. The maximum atomic E-state index is 2.82. The first kappa shape index (κ1) is 36.6. The van der Waals surface area contributed by atoms with Crippen molar-refractivity contribution in [3.63, 3.8) is 0 Å². The molecule has 0 bridgehead atoms. The zero-order valence-corrected chi connectivity index (χ0v) is 28.2. The lowest BCUT2D eigenvalue weighted by molar-refractivity contribution is 0.214. The van der Waals surface area contributed by atoms with Crippen molar-refractivity contribution in [3.8, 4) is 0 Å². The molecule has 2 aromatic carbocycles. The van der Waals surface area contributed by atoms with Gasteiger partial charge in [0.05, 0.1) is 6.04 Å². The number of unbranched alkanes of at least 4 members (excludes halogenated alkanes) is 22. The van der Waals surface area contributed by atoms with E-state index in [0.717, 1.165) is 0 Å². The Bertz CT molecular complexity index is 733. The van der Waals surface area contributed by atoms with E-state index >= 15 is 0 Å². The van der Waals surface area contributed by atoms with Gasteiger partial charge in [0.15, 0.2) is 0 Å². The first-order valence-electron chi connectivity index (χ1n) is 18.7. The van der Waals surface area contributed by atoms with E-state index in [1.165, 1.54) is 178 Å². The van der Waals surface area contributed by atoms with Gasteiger partial charge in [0.25, 0.3) is 0 Å². The second-order valence-corrected chi connectivity index (χ2v) is 13.0. The Morgan fingerprint density at radius 3 is 0.905 bits per heavy atom. The number of hydrogen-bond acceptors (Lipinski definition) is 1. The second kappa shape index (κ2) is 27.0. The lowest BCUT2D eigenvalue weighted by Gasteiger charge is -2.33. The third kappa shape index (κ3) is 18.1. The molecule has 0 saturated heterocycles. The van der Waals surface area contributed by atoms with Gasteiger partial charge in [0.1, 0.15) is 0 Å². The summed E-state index contributed by atoms with van der Waals surface area (Å²) in [4.78, 5) is 2.82. The van der Waals surface area contributed by atoms with Gasteiger partial charge in [-0.3, -0.25) is 4.90 Å². The van der Waals surface area contributed by atoms with Crippen LogP contribution >= 0.6 is 0 Å². The van der Waals surface area contributed by atoms with Gasteiger partial charge in [0.2, 0.25) is 0 Å². The van der Waals surface area contributed by atoms with Crippen molar-refractivity contribution in [2.45, 2.75) is 174 Å². The molecule has 1 nitrogen and oxygen atoms in total. The lowest BCUT2D eigenvalue weighted by atomic mass is 9.96. The normalized spacial score (nSPS) is 11.6. The third-order valence-corrected chi connectivity index (χ3v) is 9.19. The van der Waals surface area contributed by atoms with Crippen LogP contribution < -0.4 is 0 Å². The summed E-state index contributed by atoms with van der Waals surface area (Å²) in [5.41, 5.74) is 2.89. The summed E-state index contributed by atoms with van der Waals surface area (Å²) in [5, 5.41) is 0. The summed E-state index contributed by atoms with van der Waals surface area (Å²) < 4.78 is 0. The third-order valence-electron chi connectivity index (χ3n) is 9.19.